The first-order valence-corrected chi connectivity index (χ1v) is 7.08. The van der Waals surface area contributed by atoms with Crippen LogP contribution in [0.25, 0.3) is 11.0 Å². The van der Waals surface area contributed by atoms with Crippen molar-refractivity contribution in [3.05, 3.63) is 35.6 Å². The van der Waals surface area contributed by atoms with E-state index in [-0.39, 0.29) is 0 Å². The lowest BCUT2D eigenvalue weighted by molar-refractivity contribution is 0.0771. The Morgan fingerprint density at radius 1 is 1.42 bits per heavy atom. The van der Waals surface area contributed by atoms with Gasteiger partial charge >= 0.3 is 0 Å². The first kappa shape index (κ1) is 11.5. The standard InChI is InChI=1S/C16H19NO2/c1-17-7-10(8-18)5-13-12-3-2-4-15-16(12)11(9-19-15)6-14(13)17/h2-4,9-10,13-14,18H,5-8H2,1H3/t10-,13-,14-/m1/s1. The summed E-state index contributed by atoms with van der Waals surface area (Å²) in [4.78, 5) is 2.42. The highest BCUT2D eigenvalue weighted by Crippen LogP contribution is 2.44. The molecule has 19 heavy (non-hydrogen) atoms. The zero-order valence-electron chi connectivity index (χ0n) is 11.2. The minimum absolute atomic E-state index is 0.293. The molecule has 1 fully saturated rings. The van der Waals surface area contributed by atoms with E-state index in [0.29, 0.717) is 24.5 Å². The lowest BCUT2D eigenvalue weighted by Gasteiger charge is -2.45. The summed E-state index contributed by atoms with van der Waals surface area (Å²) < 4.78 is 5.69. The highest BCUT2D eigenvalue weighted by Gasteiger charge is 2.39. The van der Waals surface area contributed by atoms with Crippen molar-refractivity contribution in [2.45, 2.75) is 24.8 Å². The van der Waals surface area contributed by atoms with Crippen molar-refractivity contribution in [2.75, 3.05) is 20.2 Å². The number of likely N-dealkylation sites (tertiary alicyclic amines) is 1. The smallest absolute Gasteiger partial charge is 0.134 e. The Hall–Kier alpha value is -1.32. The Bertz CT molecular complexity index is 618. The number of furan rings is 1. The van der Waals surface area contributed by atoms with Gasteiger partial charge in [0.15, 0.2) is 0 Å². The van der Waals surface area contributed by atoms with Crippen molar-refractivity contribution in [2.24, 2.45) is 5.92 Å². The van der Waals surface area contributed by atoms with Crippen molar-refractivity contribution in [3.63, 3.8) is 0 Å². The minimum atomic E-state index is 0.293. The number of likely N-dealkylation sites (N-methyl/N-ethyl adjacent to an activating group) is 1. The van der Waals surface area contributed by atoms with Gasteiger partial charge in [0.1, 0.15) is 5.58 Å². The number of hydrogen-bond acceptors (Lipinski definition) is 3. The van der Waals surface area contributed by atoms with Crippen molar-refractivity contribution < 1.29 is 9.52 Å². The summed E-state index contributed by atoms with van der Waals surface area (Å²) in [7, 11) is 2.19. The fraction of sp³-hybridized carbons (Fsp3) is 0.500. The van der Waals surface area contributed by atoms with Gasteiger partial charge in [-0.25, -0.2) is 0 Å². The van der Waals surface area contributed by atoms with E-state index >= 15 is 0 Å². The second-order valence-electron chi connectivity index (χ2n) is 6.08. The van der Waals surface area contributed by atoms with Gasteiger partial charge < -0.3 is 14.4 Å². The van der Waals surface area contributed by atoms with E-state index in [1.165, 1.54) is 16.5 Å². The van der Waals surface area contributed by atoms with Gasteiger partial charge in [0.2, 0.25) is 0 Å². The Morgan fingerprint density at radius 3 is 3.16 bits per heavy atom. The molecule has 0 amide bonds. The zero-order valence-corrected chi connectivity index (χ0v) is 11.2. The molecule has 1 N–H and O–H groups in total. The van der Waals surface area contributed by atoms with Gasteiger partial charge in [0.05, 0.1) is 6.26 Å². The van der Waals surface area contributed by atoms with Gasteiger partial charge in [-0.3, -0.25) is 0 Å². The summed E-state index contributed by atoms with van der Waals surface area (Å²) in [6, 6.07) is 6.94. The van der Waals surface area contributed by atoms with Crippen LogP contribution in [-0.4, -0.2) is 36.2 Å². The molecule has 3 heteroatoms. The third-order valence-corrected chi connectivity index (χ3v) is 4.96. The molecule has 1 aromatic heterocycles. The van der Waals surface area contributed by atoms with Crippen LogP contribution in [0.1, 0.15) is 23.5 Å². The summed E-state index contributed by atoms with van der Waals surface area (Å²) >= 11 is 0. The molecule has 4 rings (SSSR count). The average Bonchev–Trinajstić information content (AvgIpc) is 2.85. The summed E-state index contributed by atoms with van der Waals surface area (Å²) in [5, 5.41) is 10.8. The number of benzene rings is 1. The lowest BCUT2D eigenvalue weighted by Crippen LogP contribution is -2.48. The molecule has 1 aromatic carbocycles. The Kier molecular flexibility index (Phi) is 2.47. The first-order chi connectivity index (χ1) is 9.28. The fourth-order valence-corrected chi connectivity index (χ4v) is 4.07. The normalized spacial score (nSPS) is 30.5. The molecule has 0 unspecified atom stereocenters. The Morgan fingerprint density at radius 2 is 2.32 bits per heavy atom. The summed E-state index contributed by atoms with van der Waals surface area (Å²) in [5.41, 5.74) is 3.78. The third kappa shape index (κ3) is 1.58. The van der Waals surface area contributed by atoms with Crippen LogP contribution in [0.15, 0.2) is 28.9 Å². The van der Waals surface area contributed by atoms with Gasteiger partial charge in [-0.2, -0.15) is 0 Å². The summed E-state index contributed by atoms with van der Waals surface area (Å²) in [5.74, 6) is 0.930. The molecular weight excluding hydrogens is 238 g/mol. The maximum Gasteiger partial charge on any atom is 0.134 e. The molecule has 1 saturated heterocycles. The topological polar surface area (TPSA) is 36.6 Å². The number of nitrogens with zero attached hydrogens (tertiary/aromatic N) is 1. The van der Waals surface area contributed by atoms with E-state index in [2.05, 4.69) is 30.1 Å². The van der Waals surface area contributed by atoms with E-state index in [1.54, 1.807) is 0 Å². The van der Waals surface area contributed by atoms with Crippen molar-refractivity contribution >= 4 is 11.0 Å². The molecule has 2 aliphatic rings. The molecule has 1 aliphatic carbocycles. The van der Waals surface area contributed by atoms with E-state index in [1.807, 2.05) is 6.26 Å². The van der Waals surface area contributed by atoms with Crippen LogP contribution in [0.3, 0.4) is 0 Å². The van der Waals surface area contributed by atoms with Crippen molar-refractivity contribution in [1.82, 2.24) is 4.90 Å². The zero-order chi connectivity index (χ0) is 13.0. The number of aliphatic hydroxyl groups excluding tert-OH is 1. The van der Waals surface area contributed by atoms with Crippen LogP contribution >= 0.6 is 0 Å². The summed E-state index contributed by atoms with van der Waals surface area (Å²) in [6.07, 6.45) is 4.09. The number of rotatable bonds is 1. The Balaban J connectivity index is 1.86. The monoisotopic (exact) mass is 257 g/mol. The Labute approximate surface area is 112 Å². The van der Waals surface area contributed by atoms with E-state index in [9.17, 15) is 5.11 Å². The molecule has 0 saturated carbocycles. The van der Waals surface area contributed by atoms with Gasteiger partial charge in [0, 0.05) is 36.1 Å². The predicted octanol–water partition coefficient (Wildman–Crippen LogP) is 2.39. The number of aliphatic hydroxyl groups is 1. The van der Waals surface area contributed by atoms with Crippen LogP contribution in [0, 0.1) is 5.92 Å². The second-order valence-corrected chi connectivity index (χ2v) is 6.08. The molecule has 0 bridgehead atoms. The van der Waals surface area contributed by atoms with Crippen LogP contribution in [0.4, 0.5) is 0 Å². The predicted molar refractivity (Wildman–Crippen MR) is 74.3 cm³/mol. The summed E-state index contributed by atoms with van der Waals surface area (Å²) in [6.45, 7) is 1.29. The second kappa shape index (κ2) is 4.09. The molecule has 3 nitrogen and oxygen atoms in total. The largest absolute Gasteiger partial charge is 0.464 e. The molecule has 2 aromatic rings. The van der Waals surface area contributed by atoms with Crippen LogP contribution in [-0.2, 0) is 6.42 Å². The van der Waals surface area contributed by atoms with Crippen LogP contribution in [0.2, 0.25) is 0 Å². The molecule has 1 aliphatic heterocycles. The van der Waals surface area contributed by atoms with Gasteiger partial charge in [-0.15, -0.1) is 0 Å². The lowest BCUT2D eigenvalue weighted by atomic mass is 9.72. The SMILES string of the molecule is CN1C[C@H](CO)C[C@@H]2c3cccc4occ(c34)C[C@H]21. The fourth-order valence-electron chi connectivity index (χ4n) is 4.07. The van der Waals surface area contributed by atoms with Gasteiger partial charge in [0.25, 0.3) is 0 Å². The maximum atomic E-state index is 9.50. The van der Waals surface area contributed by atoms with Crippen LogP contribution < -0.4 is 0 Å². The number of piperidine rings is 1. The number of fused-ring (bicyclic) bond motifs is 2. The quantitative estimate of drug-likeness (QED) is 0.852. The van der Waals surface area contributed by atoms with Crippen molar-refractivity contribution in [3.8, 4) is 0 Å². The van der Waals surface area contributed by atoms with E-state index in [4.69, 9.17) is 4.42 Å². The third-order valence-electron chi connectivity index (χ3n) is 4.96. The van der Waals surface area contributed by atoms with Gasteiger partial charge in [-0.1, -0.05) is 12.1 Å². The van der Waals surface area contributed by atoms with E-state index < -0.39 is 0 Å². The molecule has 2 heterocycles. The number of hydrogen-bond donors (Lipinski definition) is 1. The highest BCUT2D eigenvalue weighted by atomic mass is 16.3. The molecule has 100 valence electrons. The van der Waals surface area contributed by atoms with Crippen molar-refractivity contribution in [1.29, 1.82) is 0 Å². The molecule has 0 radical (unpaired) electrons. The molecule has 0 spiro atoms. The van der Waals surface area contributed by atoms with Gasteiger partial charge in [-0.05, 0) is 37.4 Å². The minimum Gasteiger partial charge on any atom is -0.464 e. The first-order valence-electron chi connectivity index (χ1n) is 7.08. The average molecular weight is 257 g/mol. The van der Waals surface area contributed by atoms with E-state index in [0.717, 1.165) is 25.0 Å². The maximum absolute atomic E-state index is 9.50. The highest BCUT2D eigenvalue weighted by molar-refractivity contribution is 5.86. The van der Waals surface area contributed by atoms with Crippen LogP contribution in [0.5, 0.6) is 0 Å². The molecule has 3 atom stereocenters. The molecular formula is C16H19NO2.